The Hall–Kier alpha value is -0.860. The molecule has 1 saturated heterocycles. The van der Waals surface area contributed by atoms with Crippen molar-refractivity contribution < 1.29 is 9.59 Å². The van der Waals surface area contributed by atoms with E-state index in [0.717, 1.165) is 38.5 Å². The van der Waals surface area contributed by atoms with Crippen molar-refractivity contribution in [2.45, 2.75) is 57.8 Å². The third-order valence-corrected chi connectivity index (χ3v) is 3.85. The average molecular weight is 209 g/mol. The zero-order valence-corrected chi connectivity index (χ0v) is 9.18. The fraction of sp³-hybridized carbons (Fsp3) is 0.833. The minimum absolute atomic E-state index is 0.00639. The standard InChI is InChI=1S/C12H19NO2/c14-10-6-5-9-12(11(15)13-10)7-3-1-2-4-8-12/h1-9H2,(H,13,14,15). The van der Waals surface area contributed by atoms with Crippen molar-refractivity contribution in [2.75, 3.05) is 0 Å². The van der Waals surface area contributed by atoms with Gasteiger partial charge in [-0.2, -0.15) is 0 Å². The molecule has 3 heteroatoms. The van der Waals surface area contributed by atoms with Crippen LogP contribution >= 0.6 is 0 Å². The first-order valence-electron chi connectivity index (χ1n) is 6.07. The first kappa shape index (κ1) is 10.7. The van der Waals surface area contributed by atoms with E-state index in [4.69, 9.17) is 0 Å². The van der Waals surface area contributed by atoms with Gasteiger partial charge in [-0.1, -0.05) is 25.7 Å². The first-order valence-corrected chi connectivity index (χ1v) is 6.07. The lowest BCUT2D eigenvalue weighted by Gasteiger charge is -2.28. The highest BCUT2D eigenvalue weighted by molar-refractivity contribution is 5.98. The van der Waals surface area contributed by atoms with E-state index in [1.54, 1.807) is 0 Å². The summed E-state index contributed by atoms with van der Waals surface area (Å²) in [7, 11) is 0. The Morgan fingerprint density at radius 2 is 1.47 bits per heavy atom. The summed E-state index contributed by atoms with van der Waals surface area (Å²) in [6.45, 7) is 0. The van der Waals surface area contributed by atoms with Gasteiger partial charge < -0.3 is 0 Å². The molecule has 2 rings (SSSR count). The predicted molar refractivity (Wildman–Crippen MR) is 57.1 cm³/mol. The van der Waals surface area contributed by atoms with Gasteiger partial charge in [0.25, 0.3) is 0 Å². The second kappa shape index (κ2) is 4.33. The molecule has 0 atom stereocenters. The molecule has 0 bridgehead atoms. The highest BCUT2D eigenvalue weighted by Crippen LogP contribution is 2.40. The van der Waals surface area contributed by atoms with Crippen LogP contribution in [0.2, 0.25) is 0 Å². The number of hydrogen-bond donors (Lipinski definition) is 1. The second-order valence-corrected chi connectivity index (χ2v) is 4.93. The Morgan fingerprint density at radius 1 is 0.867 bits per heavy atom. The van der Waals surface area contributed by atoms with Crippen molar-refractivity contribution in [3.63, 3.8) is 0 Å². The van der Waals surface area contributed by atoms with Gasteiger partial charge in [-0.25, -0.2) is 0 Å². The monoisotopic (exact) mass is 209 g/mol. The zero-order chi connectivity index (χ0) is 10.7. The molecular weight excluding hydrogens is 190 g/mol. The molecule has 0 radical (unpaired) electrons. The molecule has 1 saturated carbocycles. The molecule has 15 heavy (non-hydrogen) atoms. The summed E-state index contributed by atoms with van der Waals surface area (Å²) < 4.78 is 0. The Morgan fingerprint density at radius 3 is 2.13 bits per heavy atom. The summed E-state index contributed by atoms with van der Waals surface area (Å²) in [5, 5.41) is 2.55. The van der Waals surface area contributed by atoms with Gasteiger partial charge in [0.15, 0.2) is 0 Å². The van der Waals surface area contributed by atoms with Gasteiger partial charge >= 0.3 is 0 Å². The molecule has 1 heterocycles. The summed E-state index contributed by atoms with van der Waals surface area (Å²) in [4.78, 5) is 23.3. The molecule has 1 N–H and O–H groups in total. The fourth-order valence-corrected chi connectivity index (χ4v) is 2.90. The number of nitrogens with one attached hydrogen (secondary N) is 1. The zero-order valence-electron chi connectivity index (χ0n) is 9.18. The van der Waals surface area contributed by atoms with Gasteiger partial charge in [0.2, 0.25) is 11.8 Å². The molecular formula is C12H19NO2. The molecule has 3 nitrogen and oxygen atoms in total. The van der Waals surface area contributed by atoms with Crippen LogP contribution in [0, 0.1) is 5.41 Å². The number of hydrogen-bond acceptors (Lipinski definition) is 2. The predicted octanol–water partition coefficient (Wildman–Crippen LogP) is 2.15. The van der Waals surface area contributed by atoms with Crippen LogP contribution in [0.3, 0.4) is 0 Å². The molecule has 0 aromatic heterocycles. The molecule has 0 aromatic carbocycles. The van der Waals surface area contributed by atoms with Crippen molar-refractivity contribution in [3.8, 4) is 0 Å². The summed E-state index contributed by atoms with van der Waals surface area (Å²) in [6.07, 6.45) is 9.02. The van der Waals surface area contributed by atoms with Crippen LogP contribution in [0.5, 0.6) is 0 Å². The molecule has 1 aliphatic carbocycles. The van der Waals surface area contributed by atoms with E-state index in [-0.39, 0.29) is 17.2 Å². The van der Waals surface area contributed by atoms with E-state index < -0.39 is 0 Å². The van der Waals surface area contributed by atoms with Crippen LogP contribution in [-0.2, 0) is 9.59 Å². The van der Waals surface area contributed by atoms with Gasteiger partial charge in [0.05, 0.1) is 0 Å². The Labute approximate surface area is 90.6 Å². The molecule has 1 spiro atoms. The third-order valence-electron chi connectivity index (χ3n) is 3.85. The maximum absolute atomic E-state index is 12.0. The van der Waals surface area contributed by atoms with Gasteiger partial charge in [0.1, 0.15) is 0 Å². The highest BCUT2D eigenvalue weighted by Gasteiger charge is 2.40. The third kappa shape index (κ3) is 2.21. The Kier molecular flexibility index (Phi) is 3.08. The van der Waals surface area contributed by atoms with E-state index in [1.807, 2.05) is 0 Å². The number of carbonyl (C=O) groups excluding carboxylic acids is 2. The molecule has 2 amide bonds. The van der Waals surface area contributed by atoms with E-state index in [2.05, 4.69) is 5.32 Å². The summed E-state index contributed by atoms with van der Waals surface area (Å²) in [6, 6.07) is 0. The van der Waals surface area contributed by atoms with Crippen LogP contribution in [0.25, 0.3) is 0 Å². The van der Waals surface area contributed by atoms with Crippen molar-refractivity contribution in [1.29, 1.82) is 0 Å². The molecule has 2 fully saturated rings. The van der Waals surface area contributed by atoms with Crippen LogP contribution < -0.4 is 5.32 Å². The van der Waals surface area contributed by atoms with E-state index in [1.165, 1.54) is 12.8 Å². The second-order valence-electron chi connectivity index (χ2n) is 4.93. The molecule has 84 valence electrons. The summed E-state index contributed by atoms with van der Waals surface area (Å²) >= 11 is 0. The number of carbonyl (C=O) groups is 2. The molecule has 2 aliphatic rings. The van der Waals surface area contributed by atoms with E-state index in [0.29, 0.717) is 6.42 Å². The normalized spacial score (nSPS) is 26.9. The quantitative estimate of drug-likeness (QED) is 0.621. The van der Waals surface area contributed by atoms with Gasteiger partial charge in [-0.3, -0.25) is 14.9 Å². The first-order chi connectivity index (χ1) is 7.23. The highest BCUT2D eigenvalue weighted by atomic mass is 16.2. The largest absolute Gasteiger partial charge is 0.296 e. The van der Waals surface area contributed by atoms with Crippen molar-refractivity contribution in [2.24, 2.45) is 5.41 Å². The number of amides is 2. The number of imide groups is 1. The lowest BCUT2D eigenvalue weighted by Crippen LogP contribution is -2.41. The lowest BCUT2D eigenvalue weighted by atomic mass is 9.76. The molecule has 1 aliphatic heterocycles. The summed E-state index contributed by atoms with van der Waals surface area (Å²) in [5.74, 6) is -0.0759. The smallest absolute Gasteiger partial charge is 0.232 e. The van der Waals surface area contributed by atoms with E-state index >= 15 is 0 Å². The average Bonchev–Trinajstić information content (AvgIpc) is 2.50. The minimum Gasteiger partial charge on any atom is -0.296 e. The van der Waals surface area contributed by atoms with Gasteiger partial charge in [-0.05, 0) is 25.7 Å². The SMILES string of the molecule is O=C1CCCC2(CCCCCC2)C(=O)N1. The summed E-state index contributed by atoms with van der Waals surface area (Å²) in [5.41, 5.74) is -0.206. The number of rotatable bonds is 0. The van der Waals surface area contributed by atoms with Crippen LogP contribution in [0.4, 0.5) is 0 Å². The molecule has 0 unspecified atom stereocenters. The van der Waals surface area contributed by atoms with Crippen LogP contribution in [-0.4, -0.2) is 11.8 Å². The van der Waals surface area contributed by atoms with Crippen LogP contribution in [0.1, 0.15) is 57.8 Å². The topological polar surface area (TPSA) is 46.2 Å². The van der Waals surface area contributed by atoms with Crippen molar-refractivity contribution in [1.82, 2.24) is 5.32 Å². The lowest BCUT2D eigenvalue weighted by molar-refractivity contribution is -0.136. The van der Waals surface area contributed by atoms with Crippen molar-refractivity contribution in [3.05, 3.63) is 0 Å². The minimum atomic E-state index is -0.206. The van der Waals surface area contributed by atoms with Crippen LogP contribution in [0.15, 0.2) is 0 Å². The Bertz CT molecular complexity index is 265. The Balaban J connectivity index is 2.15. The van der Waals surface area contributed by atoms with E-state index in [9.17, 15) is 9.59 Å². The van der Waals surface area contributed by atoms with Gasteiger partial charge in [0, 0.05) is 11.8 Å². The van der Waals surface area contributed by atoms with Crippen molar-refractivity contribution >= 4 is 11.8 Å². The maximum Gasteiger partial charge on any atom is 0.232 e. The fourth-order valence-electron chi connectivity index (χ4n) is 2.90. The van der Waals surface area contributed by atoms with Gasteiger partial charge in [-0.15, -0.1) is 0 Å². The maximum atomic E-state index is 12.0. The molecule has 0 aromatic rings.